The zero-order chi connectivity index (χ0) is 22.6. The first-order valence-corrected chi connectivity index (χ1v) is 12.8. The summed E-state index contributed by atoms with van der Waals surface area (Å²) in [6.45, 7) is -0.502. The van der Waals surface area contributed by atoms with Crippen LogP contribution in [-0.4, -0.2) is 6.61 Å². The van der Waals surface area contributed by atoms with Crippen LogP contribution in [-0.2, 0) is 0 Å². The zero-order valence-corrected chi connectivity index (χ0v) is 19.7. The van der Waals surface area contributed by atoms with E-state index in [9.17, 15) is 8.78 Å². The molecule has 0 N–H and O–H groups in total. The lowest BCUT2D eigenvalue weighted by molar-refractivity contribution is -0.0498. The number of benzene rings is 2. The second-order valence-electron chi connectivity index (χ2n) is 9.51. The Morgan fingerprint density at radius 3 is 1.81 bits per heavy atom. The number of alkyl halides is 2. The summed E-state index contributed by atoms with van der Waals surface area (Å²) in [6, 6.07) is 15.7. The van der Waals surface area contributed by atoms with Crippen molar-refractivity contribution in [3.05, 3.63) is 54.1 Å². The van der Waals surface area contributed by atoms with Crippen molar-refractivity contribution in [2.75, 3.05) is 0 Å². The van der Waals surface area contributed by atoms with Crippen molar-refractivity contribution in [3.8, 4) is 16.9 Å². The Kier molecular flexibility index (Phi) is 10.5. The fourth-order valence-corrected chi connectivity index (χ4v) is 5.13. The van der Waals surface area contributed by atoms with Crippen LogP contribution in [0.1, 0.15) is 102 Å². The molecule has 0 unspecified atom stereocenters. The number of unbranched alkanes of at least 4 members (excludes halogenated alkanes) is 7. The maximum absolute atomic E-state index is 12.3. The van der Waals surface area contributed by atoms with Crippen LogP contribution in [0.5, 0.6) is 5.75 Å². The highest BCUT2D eigenvalue weighted by Crippen LogP contribution is 2.38. The van der Waals surface area contributed by atoms with E-state index < -0.39 is 6.61 Å². The lowest BCUT2D eigenvalue weighted by Gasteiger charge is -2.29. The van der Waals surface area contributed by atoms with Gasteiger partial charge in [-0.1, -0.05) is 101 Å². The van der Waals surface area contributed by atoms with Gasteiger partial charge in [0.05, 0.1) is 0 Å². The fourth-order valence-electron chi connectivity index (χ4n) is 5.13. The number of rotatable bonds is 13. The molecule has 176 valence electrons. The average Bonchev–Trinajstić information content (AvgIpc) is 2.81. The van der Waals surface area contributed by atoms with Gasteiger partial charge in [0.15, 0.2) is 0 Å². The van der Waals surface area contributed by atoms with Crippen molar-refractivity contribution in [2.45, 2.75) is 103 Å². The van der Waals surface area contributed by atoms with E-state index in [1.165, 1.54) is 89.0 Å². The number of halogens is 2. The van der Waals surface area contributed by atoms with Gasteiger partial charge in [-0.05, 0) is 66.3 Å². The molecule has 2 aromatic carbocycles. The largest absolute Gasteiger partial charge is 0.435 e. The molecule has 0 spiro atoms. The molecule has 0 heterocycles. The molecule has 0 aliphatic heterocycles. The summed E-state index contributed by atoms with van der Waals surface area (Å²) in [7, 11) is 0. The molecule has 0 saturated heterocycles. The molecule has 0 bridgehead atoms. The highest BCUT2D eigenvalue weighted by atomic mass is 19.3. The maximum atomic E-state index is 12.3. The molecule has 1 aliphatic rings. The summed E-state index contributed by atoms with van der Waals surface area (Å²) in [5.41, 5.74) is 3.57. The molecule has 0 radical (unpaired) electrons. The van der Waals surface area contributed by atoms with Gasteiger partial charge in [0, 0.05) is 0 Å². The summed E-state index contributed by atoms with van der Waals surface area (Å²) in [5, 5.41) is 0. The summed E-state index contributed by atoms with van der Waals surface area (Å²) in [6.07, 6.45) is 18.0. The highest BCUT2D eigenvalue weighted by molar-refractivity contribution is 5.64. The second-order valence-corrected chi connectivity index (χ2v) is 9.51. The predicted molar refractivity (Wildman–Crippen MR) is 130 cm³/mol. The van der Waals surface area contributed by atoms with Crippen molar-refractivity contribution in [1.29, 1.82) is 0 Å². The van der Waals surface area contributed by atoms with Gasteiger partial charge in [0.2, 0.25) is 0 Å². The Hall–Kier alpha value is -1.90. The van der Waals surface area contributed by atoms with Crippen LogP contribution in [0.4, 0.5) is 8.78 Å². The van der Waals surface area contributed by atoms with E-state index >= 15 is 0 Å². The normalized spacial score (nSPS) is 18.8. The minimum Gasteiger partial charge on any atom is -0.435 e. The summed E-state index contributed by atoms with van der Waals surface area (Å²) < 4.78 is 29.0. The third-order valence-corrected chi connectivity index (χ3v) is 7.11. The Bertz CT molecular complexity index is 746. The predicted octanol–water partition coefficient (Wildman–Crippen LogP) is 9.76. The highest BCUT2D eigenvalue weighted by Gasteiger charge is 2.22. The van der Waals surface area contributed by atoms with E-state index in [1.807, 2.05) is 12.1 Å². The van der Waals surface area contributed by atoms with E-state index in [2.05, 4.69) is 35.9 Å². The van der Waals surface area contributed by atoms with Crippen LogP contribution in [0.15, 0.2) is 48.5 Å². The third kappa shape index (κ3) is 8.22. The molecular weight excluding hydrogens is 402 g/mol. The van der Waals surface area contributed by atoms with Gasteiger partial charge in [-0.3, -0.25) is 0 Å². The van der Waals surface area contributed by atoms with E-state index in [0.29, 0.717) is 5.92 Å². The van der Waals surface area contributed by atoms with Gasteiger partial charge < -0.3 is 4.74 Å². The quantitative estimate of drug-likeness (QED) is 0.280. The van der Waals surface area contributed by atoms with E-state index in [1.54, 1.807) is 12.1 Å². The summed E-state index contributed by atoms with van der Waals surface area (Å²) in [4.78, 5) is 0. The molecule has 0 aromatic heterocycles. The molecule has 32 heavy (non-hydrogen) atoms. The van der Waals surface area contributed by atoms with Crippen LogP contribution in [0.2, 0.25) is 0 Å². The molecule has 1 saturated carbocycles. The van der Waals surface area contributed by atoms with Crippen molar-refractivity contribution in [3.63, 3.8) is 0 Å². The minimum atomic E-state index is -2.78. The smallest absolute Gasteiger partial charge is 0.387 e. The molecule has 1 fully saturated rings. The first-order valence-electron chi connectivity index (χ1n) is 12.8. The Morgan fingerprint density at radius 2 is 1.25 bits per heavy atom. The van der Waals surface area contributed by atoms with Crippen molar-refractivity contribution in [2.24, 2.45) is 5.92 Å². The number of ether oxygens (including phenoxy) is 1. The van der Waals surface area contributed by atoms with Crippen LogP contribution >= 0.6 is 0 Å². The molecule has 0 amide bonds. The SMILES string of the molecule is CCCCCCCCCC[C@H]1CC[C@H](c2ccc(-c3ccc(OC(F)F)cc3)cc2)CC1. The maximum Gasteiger partial charge on any atom is 0.387 e. The van der Waals surface area contributed by atoms with E-state index in [4.69, 9.17) is 0 Å². The van der Waals surface area contributed by atoms with Gasteiger partial charge in [0.25, 0.3) is 0 Å². The topological polar surface area (TPSA) is 9.23 Å². The molecule has 0 atom stereocenters. The van der Waals surface area contributed by atoms with Gasteiger partial charge in [-0.25, -0.2) is 0 Å². The summed E-state index contributed by atoms with van der Waals surface area (Å²) in [5.74, 6) is 1.81. The molecule has 3 heteroatoms. The number of hydrogen-bond donors (Lipinski definition) is 0. The average molecular weight is 443 g/mol. The minimum absolute atomic E-state index is 0.198. The fraction of sp³-hybridized carbons (Fsp3) is 0.586. The third-order valence-electron chi connectivity index (χ3n) is 7.11. The van der Waals surface area contributed by atoms with Crippen molar-refractivity contribution >= 4 is 0 Å². The lowest BCUT2D eigenvalue weighted by Crippen LogP contribution is -2.13. The second kappa shape index (κ2) is 13.6. The Labute approximate surface area is 193 Å². The lowest BCUT2D eigenvalue weighted by atomic mass is 9.77. The standard InChI is InChI=1S/C29H40F2O/c1-2-3-4-5-6-7-8-9-10-23-11-13-24(14-12-23)25-15-17-26(18-16-25)27-19-21-28(22-20-27)32-29(30)31/h15-24,29H,2-14H2,1H3/t23-,24-. The van der Waals surface area contributed by atoms with Gasteiger partial charge in [0.1, 0.15) is 5.75 Å². The van der Waals surface area contributed by atoms with E-state index in [-0.39, 0.29) is 5.75 Å². The van der Waals surface area contributed by atoms with Gasteiger partial charge >= 0.3 is 6.61 Å². The molecular formula is C29H40F2O. The Balaban J connectivity index is 1.37. The molecule has 1 aliphatic carbocycles. The van der Waals surface area contributed by atoms with Crippen LogP contribution in [0.3, 0.4) is 0 Å². The molecule has 3 rings (SSSR count). The van der Waals surface area contributed by atoms with Gasteiger partial charge in [-0.2, -0.15) is 8.78 Å². The first kappa shape index (κ1) is 24.7. The van der Waals surface area contributed by atoms with Crippen LogP contribution in [0.25, 0.3) is 11.1 Å². The van der Waals surface area contributed by atoms with Crippen LogP contribution < -0.4 is 4.74 Å². The van der Waals surface area contributed by atoms with Gasteiger partial charge in [-0.15, -0.1) is 0 Å². The van der Waals surface area contributed by atoms with Crippen LogP contribution in [0, 0.1) is 5.92 Å². The number of hydrogen-bond acceptors (Lipinski definition) is 1. The first-order chi connectivity index (χ1) is 15.7. The van der Waals surface area contributed by atoms with Crippen molar-refractivity contribution in [1.82, 2.24) is 0 Å². The Morgan fingerprint density at radius 1 is 0.719 bits per heavy atom. The monoisotopic (exact) mass is 442 g/mol. The molecule has 2 aromatic rings. The van der Waals surface area contributed by atoms with Crippen molar-refractivity contribution < 1.29 is 13.5 Å². The summed E-state index contributed by atoms with van der Waals surface area (Å²) >= 11 is 0. The molecule has 1 nitrogen and oxygen atoms in total. The zero-order valence-electron chi connectivity index (χ0n) is 19.7. The van der Waals surface area contributed by atoms with E-state index in [0.717, 1.165) is 17.0 Å².